The van der Waals surface area contributed by atoms with Crippen molar-refractivity contribution in [3.8, 4) is 0 Å². The fourth-order valence-electron chi connectivity index (χ4n) is 1.92. The van der Waals surface area contributed by atoms with Gasteiger partial charge >= 0.3 is 0 Å². The van der Waals surface area contributed by atoms with Gasteiger partial charge in [-0.15, -0.1) is 0 Å². The third-order valence-electron chi connectivity index (χ3n) is 3.12. The molecule has 0 aromatic carbocycles. The smallest absolute Gasteiger partial charge is 0.152 e. The molecule has 1 fully saturated rings. The predicted molar refractivity (Wildman–Crippen MR) is 67.4 cm³/mol. The SMILES string of the molecule is CC(C)c1cc2c(NC3CNC3)nccn2n1. The van der Waals surface area contributed by atoms with Crippen molar-refractivity contribution < 1.29 is 0 Å². The predicted octanol–water partition coefficient (Wildman–Crippen LogP) is 1.24. The average molecular weight is 231 g/mol. The number of rotatable bonds is 3. The summed E-state index contributed by atoms with van der Waals surface area (Å²) in [5.74, 6) is 1.37. The molecule has 1 saturated heterocycles. The van der Waals surface area contributed by atoms with Crippen LogP contribution in [0.3, 0.4) is 0 Å². The molecule has 3 rings (SSSR count). The first-order valence-corrected chi connectivity index (χ1v) is 6.05. The lowest BCUT2D eigenvalue weighted by Crippen LogP contribution is -2.51. The minimum absolute atomic E-state index is 0.438. The van der Waals surface area contributed by atoms with Gasteiger partial charge in [-0.3, -0.25) is 0 Å². The second kappa shape index (κ2) is 4.00. The standard InChI is InChI=1S/C12H17N5/c1-8(2)10-5-11-12(15-9-6-13-7-9)14-3-4-17(11)16-10/h3-5,8-9,13H,6-7H2,1-2H3,(H,14,15). The van der Waals surface area contributed by atoms with Crippen LogP contribution in [0, 0.1) is 0 Å². The van der Waals surface area contributed by atoms with E-state index < -0.39 is 0 Å². The second-order valence-electron chi connectivity index (χ2n) is 4.83. The molecule has 17 heavy (non-hydrogen) atoms. The molecule has 2 aromatic heterocycles. The Hall–Kier alpha value is -1.62. The van der Waals surface area contributed by atoms with Crippen LogP contribution in [0.5, 0.6) is 0 Å². The van der Waals surface area contributed by atoms with E-state index in [-0.39, 0.29) is 0 Å². The zero-order valence-electron chi connectivity index (χ0n) is 10.1. The lowest BCUT2D eigenvalue weighted by atomic mass is 10.1. The Morgan fingerprint density at radius 2 is 2.29 bits per heavy atom. The van der Waals surface area contributed by atoms with Gasteiger partial charge in [0.2, 0.25) is 0 Å². The monoisotopic (exact) mass is 231 g/mol. The normalized spacial score (nSPS) is 16.4. The molecule has 0 spiro atoms. The zero-order valence-corrected chi connectivity index (χ0v) is 10.1. The fourth-order valence-corrected chi connectivity index (χ4v) is 1.92. The molecule has 0 aliphatic carbocycles. The van der Waals surface area contributed by atoms with E-state index in [2.05, 4.69) is 40.6 Å². The molecule has 3 heterocycles. The van der Waals surface area contributed by atoms with E-state index in [4.69, 9.17) is 0 Å². The largest absolute Gasteiger partial charge is 0.363 e. The highest BCUT2D eigenvalue weighted by Gasteiger charge is 2.18. The zero-order chi connectivity index (χ0) is 11.8. The molecule has 1 aliphatic rings. The lowest BCUT2D eigenvalue weighted by molar-refractivity contribution is 0.471. The first-order chi connectivity index (χ1) is 8.24. The van der Waals surface area contributed by atoms with Crippen LogP contribution in [0.15, 0.2) is 18.5 Å². The maximum atomic E-state index is 4.55. The van der Waals surface area contributed by atoms with Crippen molar-refractivity contribution in [3.05, 3.63) is 24.2 Å². The summed E-state index contributed by atoms with van der Waals surface area (Å²) in [5, 5.41) is 11.2. The van der Waals surface area contributed by atoms with E-state index in [9.17, 15) is 0 Å². The van der Waals surface area contributed by atoms with Gasteiger partial charge in [0.15, 0.2) is 5.82 Å². The van der Waals surface area contributed by atoms with Crippen LogP contribution in [0.25, 0.3) is 5.52 Å². The Labute approximate surface area is 100 Å². The van der Waals surface area contributed by atoms with Crippen molar-refractivity contribution in [3.63, 3.8) is 0 Å². The molecule has 1 aliphatic heterocycles. The van der Waals surface area contributed by atoms with Gasteiger partial charge in [0.1, 0.15) is 5.52 Å². The number of hydrogen-bond acceptors (Lipinski definition) is 4. The lowest BCUT2D eigenvalue weighted by Gasteiger charge is -2.28. The topological polar surface area (TPSA) is 54.2 Å². The Bertz CT molecular complexity index is 527. The number of nitrogens with one attached hydrogen (secondary N) is 2. The molecule has 5 nitrogen and oxygen atoms in total. The van der Waals surface area contributed by atoms with Gasteiger partial charge in [-0.1, -0.05) is 13.8 Å². The van der Waals surface area contributed by atoms with E-state index in [1.54, 1.807) is 6.20 Å². The van der Waals surface area contributed by atoms with Gasteiger partial charge < -0.3 is 10.6 Å². The van der Waals surface area contributed by atoms with Gasteiger partial charge in [0.25, 0.3) is 0 Å². The van der Waals surface area contributed by atoms with Crippen LogP contribution in [0.2, 0.25) is 0 Å². The second-order valence-corrected chi connectivity index (χ2v) is 4.83. The molecule has 0 unspecified atom stereocenters. The number of nitrogens with zero attached hydrogens (tertiary/aromatic N) is 3. The summed E-state index contributed by atoms with van der Waals surface area (Å²) in [6.45, 7) is 6.32. The summed E-state index contributed by atoms with van der Waals surface area (Å²) >= 11 is 0. The van der Waals surface area contributed by atoms with E-state index in [1.165, 1.54) is 0 Å². The van der Waals surface area contributed by atoms with Gasteiger partial charge in [-0.05, 0) is 12.0 Å². The van der Waals surface area contributed by atoms with Crippen molar-refractivity contribution in [2.75, 3.05) is 18.4 Å². The van der Waals surface area contributed by atoms with Crippen molar-refractivity contribution in [1.29, 1.82) is 0 Å². The highest BCUT2D eigenvalue weighted by atomic mass is 15.2. The third kappa shape index (κ3) is 1.86. The maximum Gasteiger partial charge on any atom is 0.152 e. The van der Waals surface area contributed by atoms with Crippen molar-refractivity contribution >= 4 is 11.3 Å². The van der Waals surface area contributed by atoms with Crippen LogP contribution >= 0.6 is 0 Å². The Kier molecular flexibility index (Phi) is 2.48. The molecule has 5 heteroatoms. The van der Waals surface area contributed by atoms with E-state index in [0.717, 1.165) is 30.1 Å². The molecule has 0 atom stereocenters. The first kappa shape index (κ1) is 10.5. The van der Waals surface area contributed by atoms with Gasteiger partial charge in [0, 0.05) is 25.5 Å². The average Bonchev–Trinajstić information content (AvgIpc) is 2.67. The minimum atomic E-state index is 0.438. The Morgan fingerprint density at radius 3 is 2.94 bits per heavy atom. The highest BCUT2D eigenvalue weighted by Crippen LogP contribution is 2.20. The molecule has 2 N–H and O–H groups in total. The van der Waals surface area contributed by atoms with Gasteiger partial charge in [-0.2, -0.15) is 5.10 Å². The molecule has 2 aromatic rings. The van der Waals surface area contributed by atoms with Crippen LogP contribution in [0.1, 0.15) is 25.5 Å². The summed E-state index contributed by atoms with van der Waals surface area (Å²) in [7, 11) is 0. The molecule has 90 valence electrons. The number of hydrogen-bond donors (Lipinski definition) is 2. The maximum absolute atomic E-state index is 4.55. The first-order valence-electron chi connectivity index (χ1n) is 6.05. The molecule has 0 radical (unpaired) electrons. The number of aromatic nitrogens is 3. The Balaban J connectivity index is 1.98. The number of anilines is 1. The van der Waals surface area contributed by atoms with Crippen LogP contribution in [-0.4, -0.2) is 33.7 Å². The van der Waals surface area contributed by atoms with Crippen LogP contribution < -0.4 is 10.6 Å². The van der Waals surface area contributed by atoms with E-state index >= 15 is 0 Å². The van der Waals surface area contributed by atoms with Crippen LogP contribution in [-0.2, 0) is 0 Å². The highest BCUT2D eigenvalue weighted by molar-refractivity contribution is 5.68. The summed E-state index contributed by atoms with van der Waals surface area (Å²) in [4.78, 5) is 4.40. The summed E-state index contributed by atoms with van der Waals surface area (Å²) in [5.41, 5.74) is 2.16. The summed E-state index contributed by atoms with van der Waals surface area (Å²) < 4.78 is 1.90. The van der Waals surface area contributed by atoms with Crippen molar-refractivity contribution in [1.82, 2.24) is 19.9 Å². The van der Waals surface area contributed by atoms with E-state index in [0.29, 0.717) is 12.0 Å². The van der Waals surface area contributed by atoms with Crippen molar-refractivity contribution in [2.24, 2.45) is 0 Å². The Morgan fingerprint density at radius 1 is 1.47 bits per heavy atom. The summed E-state index contributed by atoms with van der Waals surface area (Å²) in [6.07, 6.45) is 3.68. The summed E-state index contributed by atoms with van der Waals surface area (Å²) in [6, 6.07) is 2.61. The number of fused-ring (bicyclic) bond motifs is 1. The van der Waals surface area contributed by atoms with Crippen molar-refractivity contribution in [2.45, 2.75) is 25.8 Å². The molecule has 0 bridgehead atoms. The quantitative estimate of drug-likeness (QED) is 0.834. The molecule has 0 saturated carbocycles. The fraction of sp³-hybridized carbons (Fsp3) is 0.500. The molecular formula is C12H17N5. The molecular weight excluding hydrogens is 214 g/mol. The van der Waals surface area contributed by atoms with Gasteiger partial charge in [-0.25, -0.2) is 9.50 Å². The molecule has 0 amide bonds. The van der Waals surface area contributed by atoms with Gasteiger partial charge in [0.05, 0.1) is 11.7 Å². The third-order valence-corrected chi connectivity index (χ3v) is 3.12. The van der Waals surface area contributed by atoms with Crippen LogP contribution in [0.4, 0.5) is 5.82 Å². The minimum Gasteiger partial charge on any atom is -0.363 e. The van der Waals surface area contributed by atoms with E-state index in [1.807, 2.05) is 10.7 Å².